The molecule has 1 amide bonds. The lowest BCUT2D eigenvalue weighted by atomic mass is 10.1. The molecule has 4 heteroatoms. The lowest BCUT2D eigenvalue weighted by molar-refractivity contribution is 0.0952. The van der Waals surface area contributed by atoms with Gasteiger partial charge in [0.1, 0.15) is 0 Å². The van der Waals surface area contributed by atoms with Gasteiger partial charge in [0.2, 0.25) is 0 Å². The summed E-state index contributed by atoms with van der Waals surface area (Å²) in [6.07, 6.45) is 3.70. The number of amides is 1. The van der Waals surface area contributed by atoms with Crippen LogP contribution in [-0.4, -0.2) is 17.3 Å². The van der Waals surface area contributed by atoms with Crippen LogP contribution in [0.2, 0.25) is 0 Å². The number of carbonyl (C=O) groups excluding carboxylic acids is 1. The Morgan fingerprint density at radius 2 is 2.21 bits per heavy atom. The van der Waals surface area contributed by atoms with E-state index in [1.165, 1.54) is 24.0 Å². The molecule has 2 atom stereocenters. The van der Waals surface area contributed by atoms with E-state index >= 15 is 0 Å². The zero-order chi connectivity index (χ0) is 13.2. The van der Waals surface area contributed by atoms with Crippen LogP contribution < -0.4 is 5.32 Å². The molecule has 1 aromatic carbocycles. The van der Waals surface area contributed by atoms with Crippen molar-refractivity contribution in [2.75, 3.05) is 6.54 Å². The second kappa shape index (κ2) is 5.63. The fourth-order valence-electron chi connectivity index (χ4n) is 2.63. The van der Waals surface area contributed by atoms with Crippen molar-refractivity contribution in [1.82, 2.24) is 5.32 Å². The first-order valence-corrected chi connectivity index (χ1v) is 8.38. The van der Waals surface area contributed by atoms with Gasteiger partial charge in [-0.05, 0) is 36.3 Å². The van der Waals surface area contributed by atoms with Crippen molar-refractivity contribution in [1.29, 1.82) is 0 Å². The van der Waals surface area contributed by atoms with Crippen molar-refractivity contribution >= 4 is 43.3 Å². The van der Waals surface area contributed by atoms with Crippen molar-refractivity contribution in [3.63, 3.8) is 0 Å². The minimum absolute atomic E-state index is 0.0628. The highest BCUT2D eigenvalue weighted by Gasteiger charge is 2.25. The molecule has 3 rings (SSSR count). The molecule has 1 aromatic heterocycles. The van der Waals surface area contributed by atoms with Gasteiger partial charge >= 0.3 is 0 Å². The third-order valence-corrected chi connectivity index (χ3v) is 6.06. The summed E-state index contributed by atoms with van der Waals surface area (Å²) in [4.78, 5) is 13.5. The van der Waals surface area contributed by atoms with Gasteiger partial charge < -0.3 is 5.32 Å². The van der Waals surface area contributed by atoms with Gasteiger partial charge in [-0.3, -0.25) is 4.79 Å². The minimum atomic E-state index is 0.0628. The summed E-state index contributed by atoms with van der Waals surface area (Å²) in [6, 6.07) is 10.1. The predicted molar refractivity (Wildman–Crippen MR) is 84.2 cm³/mol. The van der Waals surface area contributed by atoms with Gasteiger partial charge in [0.15, 0.2) is 0 Å². The Morgan fingerprint density at radius 3 is 2.95 bits per heavy atom. The summed E-state index contributed by atoms with van der Waals surface area (Å²) in [7, 11) is 0. The van der Waals surface area contributed by atoms with Gasteiger partial charge in [-0.2, -0.15) is 0 Å². The van der Waals surface area contributed by atoms with Crippen LogP contribution in [-0.2, 0) is 0 Å². The molecule has 1 aliphatic carbocycles. The molecule has 2 aromatic rings. The van der Waals surface area contributed by atoms with Crippen molar-refractivity contribution in [2.45, 2.75) is 24.1 Å². The summed E-state index contributed by atoms with van der Waals surface area (Å²) < 4.78 is 1.17. The largest absolute Gasteiger partial charge is 0.351 e. The van der Waals surface area contributed by atoms with Crippen LogP contribution in [0.3, 0.4) is 0 Å². The second-order valence-electron chi connectivity index (χ2n) is 5.07. The fourth-order valence-corrected chi connectivity index (χ4v) is 4.38. The Kier molecular flexibility index (Phi) is 3.89. The second-order valence-corrected chi connectivity index (χ2v) is 7.33. The van der Waals surface area contributed by atoms with E-state index < -0.39 is 0 Å². The number of hydrogen-bond acceptors (Lipinski definition) is 2. The smallest absolute Gasteiger partial charge is 0.261 e. The Morgan fingerprint density at radius 1 is 1.37 bits per heavy atom. The summed E-state index contributed by atoms with van der Waals surface area (Å²) in [5, 5.41) is 4.22. The predicted octanol–water partition coefficient (Wildman–Crippen LogP) is 4.19. The lowest BCUT2D eigenvalue weighted by Gasteiger charge is -2.14. The molecule has 2 nitrogen and oxygen atoms in total. The Bertz CT molecular complexity index is 562. The van der Waals surface area contributed by atoms with Crippen LogP contribution >= 0.6 is 27.3 Å². The number of alkyl halides is 1. The normalized spacial score (nSPS) is 22.8. The molecule has 0 bridgehead atoms. The number of hydrogen-bond donors (Lipinski definition) is 1. The van der Waals surface area contributed by atoms with Gasteiger partial charge in [0.05, 0.1) is 4.88 Å². The van der Waals surface area contributed by atoms with E-state index in [0.29, 0.717) is 10.7 Å². The molecule has 0 spiro atoms. The Balaban J connectivity index is 1.66. The summed E-state index contributed by atoms with van der Waals surface area (Å²) in [5.41, 5.74) is 0. The number of carbonyl (C=O) groups is 1. The molecular formula is C15H16BrNOS. The highest BCUT2D eigenvalue weighted by Crippen LogP contribution is 2.31. The number of halogens is 1. The molecule has 100 valence electrons. The highest BCUT2D eigenvalue weighted by atomic mass is 79.9. The average molecular weight is 338 g/mol. The molecular weight excluding hydrogens is 322 g/mol. The van der Waals surface area contributed by atoms with E-state index in [1.54, 1.807) is 11.3 Å². The number of nitrogens with one attached hydrogen (secondary N) is 1. The molecule has 0 aliphatic heterocycles. The molecule has 0 saturated heterocycles. The topological polar surface area (TPSA) is 29.1 Å². The van der Waals surface area contributed by atoms with Gasteiger partial charge in [0, 0.05) is 16.1 Å². The van der Waals surface area contributed by atoms with Crippen molar-refractivity contribution < 1.29 is 4.79 Å². The van der Waals surface area contributed by atoms with Crippen molar-refractivity contribution in [2.24, 2.45) is 5.92 Å². The maximum absolute atomic E-state index is 12.2. The van der Waals surface area contributed by atoms with E-state index in [1.807, 2.05) is 24.3 Å². The van der Waals surface area contributed by atoms with Crippen LogP contribution in [0.25, 0.3) is 10.1 Å². The number of benzene rings is 1. The Labute approximate surface area is 125 Å². The number of fused-ring (bicyclic) bond motifs is 1. The van der Waals surface area contributed by atoms with Gasteiger partial charge in [-0.1, -0.05) is 40.5 Å². The SMILES string of the molecule is O=C(NCC1CCCC1Br)c1cc2ccccc2s1. The van der Waals surface area contributed by atoms with Crippen LogP contribution in [0, 0.1) is 5.92 Å². The number of rotatable bonds is 3. The lowest BCUT2D eigenvalue weighted by Crippen LogP contribution is -2.30. The molecule has 1 N–H and O–H groups in total. The van der Waals surface area contributed by atoms with E-state index in [-0.39, 0.29) is 5.91 Å². The summed E-state index contributed by atoms with van der Waals surface area (Å²) in [6.45, 7) is 0.781. The molecule has 1 fully saturated rings. The van der Waals surface area contributed by atoms with E-state index in [2.05, 4.69) is 27.3 Å². The first-order chi connectivity index (χ1) is 9.24. The van der Waals surface area contributed by atoms with Crippen LogP contribution in [0.4, 0.5) is 0 Å². The molecule has 2 unspecified atom stereocenters. The number of thiophene rings is 1. The van der Waals surface area contributed by atoms with Crippen LogP contribution in [0.15, 0.2) is 30.3 Å². The first kappa shape index (κ1) is 13.1. The monoisotopic (exact) mass is 337 g/mol. The van der Waals surface area contributed by atoms with Crippen molar-refractivity contribution in [3.05, 3.63) is 35.2 Å². The minimum Gasteiger partial charge on any atom is -0.351 e. The molecule has 1 saturated carbocycles. The summed E-state index contributed by atoms with van der Waals surface area (Å²) >= 11 is 5.26. The van der Waals surface area contributed by atoms with Crippen LogP contribution in [0.5, 0.6) is 0 Å². The first-order valence-electron chi connectivity index (χ1n) is 6.65. The fraction of sp³-hybridized carbons (Fsp3) is 0.400. The quantitative estimate of drug-likeness (QED) is 0.835. The van der Waals surface area contributed by atoms with E-state index in [4.69, 9.17) is 0 Å². The molecule has 19 heavy (non-hydrogen) atoms. The third-order valence-electron chi connectivity index (χ3n) is 3.74. The van der Waals surface area contributed by atoms with E-state index in [9.17, 15) is 4.79 Å². The average Bonchev–Trinajstić information content (AvgIpc) is 3.01. The van der Waals surface area contributed by atoms with Crippen LogP contribution in [0.1, 0.15) is 28.9 Å². The van der Waals surface area contributed by atoms with Gasteiger partial charge in [-0.25, -0.2) is 0 Å². The molecule has 1 heterocycles. The highest BCUT2D eigenvalue weighted by molar-refractivity contribution is 9.09. The maximum atomic E-state index is 12.2. The van der Waals surface area contributed by atoms with Gasteiger partial charge in [-0.15, -0.1) is 11.3 Å². The summed E-state index contributed by atoms with van der Waals surface area (Å²) in [5.74, 6) is 0.645. The van der Waals surface area contributed by atoms with E-state index in [0.717, 1.165) is 16.8 Å². The van der Waals surface area contributed by atoms with Crippen molar-refractivity contribution in [3.8, 4) is 0 Å². The zero-order valence-corrected chi connectivity index (χ0v) is 13.0. The Hall–Kier alpha value is -0.870. The zero-order valence-electron chi connectivity index (χ0n) is 10.6. The van der Waals surface area contributed by atoms with Gasteiger partial charge in [0.25, 0.3) is 5.91 Å². The molecule has 0 radical (unpaired) electrons. The third kappa shape index (κ3) is 2.84. The molecule has 1 aliphatic rings. The standard InChI is InChI=1S/C15H16BrNOS/c16-12-6-3-5-11(12)9-17-15(18)14-8-10-4-1-2-7-13(10)19-14/h1-2,4,7-8,11-12H,3,5-6,9H2,(H,17,18). The maximum Gasteiger partial charge on any atom is 0.261 e.